The number of para-hydroxylation sites is 2. The third-order valence-corrected chi connectivity index (χ3v) is 3.90. The van der Waals surface area contributed by atoms with Crippen LogP contribution in [0.2, 0.25) is 0 Å². The van der Waals surface area contributed by atoms with Crippen LogP contribution in [0.3, 0.4) is 0 Å². The Labute approximate surface area is 134 Å². The highest BCUT2D eigenvalue weighted by atomic mass is 16.5. The minimum atomic E-state index is -0.169. The molecular formula is C18H19N3O2. The van der Waals surface area contributed by atoms with Crippen LogP contribution in [0.4, 0.5) is 10.5 Å². The van der Waals surface area contributed by atoms with Crippen molar-refractivity contribution in [2.24, 2.45) is 0 Å². The van der Waals surface area contributed by atoms with Crippen molar-refractivity contribution in [1.82, 2.24) is 10.5 Å². The number of benzene rings is 2. The van der Waals surface area contributed by atoms with Crippen LogP contribution in [0.15, 0.2) is 53.1 Å². The summed E-state index contributed by atoms with van der Waals surface area (Å²) in [7, 11) is 1.77. The monoisotopic (exact) mass is 309 g/mol. The molecule has 5 nitrogen and oxygen atoms in total. The number of carbonyl (C=O) groups is 1. The Morgan fingerprint density at radius 3 is 2.74 bits per heavy atom. The fraction of sp³-hybridized carbons (Fsp3) is 0.222. The van der Waals surface area contributed by atoms with Gasteiger partial charge < -0.3 is 9.84 Å². The number of anilines is 1. The van der Waals surface area contributed by atoms with Gasteiger partial charge >= 0.3 is 6.03 Å². The van der Waals surface area contributed by atoms with Crippen molar-refractivity contribution in [3.63, 3.8) is 0 Å². The fourth-order valence-electron chi connectivity index (χ4n) is 2.59. The molecule has 5 heteroatoms. The molecule has 0 saturated heterocycles. The average molecular weight is 309 g/mol. The summed E-state index contributed by atoms with van der Waals surface area (Å²) < 4.78 is 5.25. The molecule has 2 aromatic carbocycles. The van der Waals surface area contributed by atoms with Gasteiger partial charge in [-0.15, -0.1) is 0 Å². The van der Waals surface area contributed by atoms with E-state index in [2.05, 4.69) is 17.4 Å². The van der Waals surface area contributed by atoms with Crippen molar-refractivity contribution in [1.29, 1.82) is 0 Å². The Balaban J connectivity index is 1.72. The third kappa shape index (κ3) is 3.04. The lowest BCUT2D eigenvalue weighted by Gasteiger charge is -2.20. The molecule has 0 radical (unpaired) electrons. The average Bonchev–Trinajstić information content (AvgIpc) is 3.02. The van der Waals surface area contributed by atoms with Crippen molar-refractivity contribution in [2.45, 2.75) is 19.9 Å². The van der Waals surface area contributed by atoms with Gasteiger partial charge in [0, 0.05) is 18.1 Å². The molecule has 0 aliphatic heterocycles. The SMILES string of the molecule is CCc1ccccc1N(C)C(=O)NCc1noc2ccccc12. The van der Waals surface area contributed by atoms with E-state index in [1.807, 2.05) is 48.5 Å². The third-order valence-electron chi connectivity index (χ3n) is 3.90. The Kier molecular flexibility index (Phi) is 4.28. The van der Waals surface area contributed by atoms with Gasteiger partial charge in [-0.3, -0.25) is 4.90 Å². The van der Waals surface area contributed by atoms with Gasteiger partial charge in [0.15, 0.2) is 5.58 Å². The van der Waals surface area contributed by atoms with Crippen LogP contribution in [0.1, 0.15) is 18.2 Å². The molecule has 0 fully saturated rings. The van der Waals surface area contributed by atoms with Crippen LogP contribution in [0.25, 0.3) is 11.0 Å². The van der Waals surface area contributed by atoms with Gasteiger partial charge in [0.25, 0.3) is 0 Å². The van der Waals surface area contributed by atoms with Gasteiger partial charge in [-0.1, -0.05) is 42.4 Å². The zero-order valence-corrected chi connectivity index (χ0v) is 13.2. The smallest absolute Gasteiger partial charge is 0.321 e. The normalized spacial score (nSPS) is 10.7. The zero-order valence-electron chi connectivity index (χ0n) is 13.2. The summed E-state index contributed by atoms with van der Waals surface area (Å²) in [6.45, 7) is 2.40. The molecule has 0 aliphatic carbocycles. The molecule has 0 aliphatic rings. The highest BCUT2D eigenvalue weighted by Gasteiger charge is 2.14. The maximum atomic E-state index is 12.4. The number of amides is 2. The molecule has 1 heterocycles. The van der Waals surface area contributed by atoms with Crippen molar-refractivity contribution < 1.29 is 9.32 Å². The second-order valence-electron chi connectivity index (χ2n) is 5.33. The van der Waals surface area contributed by atoms with Gasteiger partial charge in [-0.2, -0.15) is 0 Å². The van der Waals surface area contributed by atoms with Crippen LogP contribution >= 0.6 is 0 Å². The Morgan fingerprint density at radius 2 is 1.91 bits per heavy atom. The predicted molar refractivity (Wildman–Crippen MR) is 90.5 cm³/mol. The molecule has 0 spiro atoms. The molecular weight excluding hydrogens is 290 g/mol. The fourth-order valence-corrected chi connectivity index (χ4v) is 2.59. The summed E-state index contributed by atoms with van der Waals surface area (Å²) >= 11 is 0. The van der Waals surface area contributed by atoms with E-state index in [0.29, 0.717) is 6.54 Å². The number of nitrogens with zero attached hydrogens (tertiary/aromatic N) is 2. The van der Waals surface area contributed by atoms with Crippen molar-refractivity contribution in [2.75, 3.05) is 11.9 Å². The molecule has 1 N–H and O–H groups in total. The number of hydrogen-bond acceptors (Lipinski definition) is 3. The number of urea groups is 1. The number of rotatable bonds is 4. The van der Waals surface area contributed by atoms with Crippen molar-refractivity contribution in [3.05, 3.63) is 59.8 Å². The summed E-state index contributed by atoms with van der Waals surface area (Å²) in [5, 5.41) is 7.84. The first-order valence-electron chi connectivity index (χ1n) is 7.63. The number of carbonyl (C=O) groups excluding carboxylic acids is 1. The minimum Gasteiger partial charge on any atom is -0.356 e. The number of hydrogen-bond donors (Lipinski definition) is 1. The Morgan fingerprint density at radius 1 is 1.17 bits per heavy atom. The molecule has 0 atom stereocenters. The summed E-state index contributed by atoms with van der Waals surface area (Å²) in [6, 6.07) is 15.3. The van der Waals surface area contributed by atoms with Crippen LogP contribution in [-0.2, 0) is 13.0 Å². The largest absolute Gasteiger partial charge is 0.356 e. The Bertz CT molecular complexity index is 826. The van der Waals surface area contributed by atoms with E-state index < -0.39 is 0 Å². The van der Waals surface area contributed by atoms with E-state index in [1.54, 1.807) is 11.9 Å². The number of aryl methyl sites for hydroxylation is 1. The van der Waals surface area contributed by atoms with E-state index in [0.717, 1.165) is 34.3 Å². The van der Waals surface area contributed by atoms with Crippen molar-refractivity contribution in [3.8, 4) is 0 Å². The van der Waals surface area contributed by atoms with Crippen LogP contribution in [-0.4, -0.2) is 18.2 Å². The van der Waals surface area contributed by atoms with Gasteiger partial charge in [-0.05, 0) is 30.2 Å². The highest BCUT2D eigenvalue weighted by Crippen LogP contribution is 2.20. The van der Waals surface area contributed by atoms with Crippen LogP contribution in [0, 0.1) is 0 Å². The maximum absolute atomic E-state index is 12.4. The van der Waals surface area contributed by atoms with E-state index in [-0.39, 0.29) is 6.03 Å². The van der Waals surface area contributed by atoms with Gasteiger partial charge in [0.1, 0.15) is 5.69 Å². The number of fused-ring (bicyclic) bond motifs is 1. The molecule has 3 aromatic rings. The first kappa shape index (κ1) is 15.1. The Hall–Kier alpha value is -2.82. The molecule has 23 heavy (non-hydrogen) atoms. The highest BCUT2D eigenvalue weighted by molar-refractivity contribution is 5.92. The van der Waals surface area contributed by atoms with E-state index in [9.17, 15) is 4.79 Å². The molecule has 118 valence electrons. The molecule has 0 saturated carbocycles. The maximum Gasteiger partial charge on any atom is 0.321 e. The lowest BCUT2D eigenvalue weighted by molar-refractivity contribution is 0.247. The van der Waals surface area contributed by atoms with E-state index >= 15 is 0 Å². The lowest BCUT2D eigenvalue weighted by atomic mass is 10.1. The first-order valence-corrected chi connectivity index (χ1v) is 7.63. The summed E-state index contributed by atoms with van der Waals surface area (Å²) in [5.74, 6) is 0. The van der Waals surface area contributed by atoms with Crippen LogP contribution < -0.4 is 10.2 Å². The summed E-state index contributed by atoms with van der Waals surface area (Å²) in [5.41, 5.74) is 3.50. The number of aromatic nitrogens is 1. The first-order chi connectivity index (χ1) is 11.2. The molecule has 2 amide bonds. The molecule has 0 unspecified atom stereocenters. The lowest BCUT2D eigenvalue weighted by Crippen LogP contribution is -2.37. The standard InChI is InChI=1S/C18H19N3O2/c1-3-13-8-4-6-10-16(13)21(2)18(22)19-12-15-14-9-5-7-11-17(14)23-20-15/h4-11H,3,12H2,1-2H3,(H,19,22). The quantitative estimate of drug-likeness (QED) is 0.798. The van der Waals surface area contributed by atoms with Gasteiger partial charge in [0.2, 0.25) is 0 Å². The topological polar surface area (TPSA) is 58.4 Å². The second-order valence-corrected chi connectivity index (χ2v) is 5.33. The van der Waals surface area contributed by atoms with Crippen LogP contribution in [0.5, 0.6) is 0 Å². The summed E-state index contributed by atoms with van der Waals surface area (Å²) in [4.78, 5) is 14.0. The van der Waals surface area contributed by atoms with Gasteiger partial charge in [-0.25, -0.2) is 4.79 Å². The molecule has 0 bridgehead atoms. The zero-order chi connectivity index (χ0) is 16.2. The molecule has 1 aromatic heterocycles. The second kappa shape index (κ2) is 6.52. The predicted octanol–water partition coefficient (Wildman–Crippen LogP) is 3.74. The number of nitrogens with one attached hydrogen (secondary N) is 1. The minimum absolute atomic E-state index is 0.169. The van der Waals surface area contributed by atoms with E-state index in [1.165, 1.54) is 0 Å². The summed E-state index contributed by atoms with van der Waals surface area (Å²) in [6.07, 6.45) is 0.877. The van der Waals surface area contributed by atoms with E-state index in [4.69, 9.17) is 4.52 Å². The van der Waals surface area contributed by atoms with Gasteiger partial charge in [0.05, 0.1) is 6.54 Å². The van der Waals surface area contributed by atoms with Crippen molar-refractivity contribution >= 4 is 22.7 Å². The molecule has 3 rings (SSSR count).